The molecular formula is C17H21N3O2S. The van der Waals surface area contributed by atoms with Gasteiger partial charge in [-0.1, -0.05) is 29.5 Å². The summed E-state index contributed by atoms with van der Waals surface area (Å²) < 4.78 is 0. The number of aliphatic imine (C=N–C) groups is 1. The molecule has 122 valence electrons. The van der Waals surface area contributed by atoms with Crippen molar-refractivity contribution in [3.63, 3.8) is 0 Å². The Labute approximate surface area is 140 Å². The maximum atomic E-state index is 12.1. The summed E-state index contributed by atoms with van der Waals surface area (Å²) in [4.78, 5) is 30.0. The second kappa shape index (κ2) is 6.74. The van der Waals surface area contributed by atoms with Gasteiger partial charge in [0.15, 0.2) is 5.17 Å². The van der Waals surface area contributed by atoms with Crippen molar-refractivity contribution in [1.29, 1.82) is 0 Å². The van der Waals surface area contributed by atoms with Crippen LogP contribution in [0.5, 0.6) is 0 Å². The Bertz CT molecular complexity index is 638. The number of thioether (sulfide) groups is 1. The molecule has 1 aliphatic heterocycles. The summed E-state index contributed by atoms with van der Waals surface area (Å²) in [7, 11) is 0. The van der Waals surface area contributed by atoms with Crippen LogP contribution in [0.4, 0.5) is 5.69 Å². The van der Waals surface area contributed by atoms with Gasteiger partial charge >= 0.3 is 0 Å². The van der Waals surface area contributed by atoms with Crippen LogP contribution in [-0.4, -0.2) is 35.3 Å². The van der Waals surface area contributed by atoms with Crippen LogP contribution in [0.2, 0.25) is 0 Å². The Balaban J connectivity index is 1.58. The maximum Gasteiger partial charge on any atom is 0.254 e. The largest absolute Gasteiger partial charge is 0.353 e. The molecule has 23 heavy (non-hydrogen) atoms. The van der Waals surface area contributed by atoms with Gasteiger partial charge in [0.1, 0.15) is 6.54 Å². The summed E-state index contributed by atoms with van der Waals surface area (Å²) in [6.45, 7) is 4.20. The van der Waals surface area contributed by atoms with Crippen molar-refractivity contribution in [3.05, 3.63) is 29.8 Å². The van der Waals surface area contributed by atoms with E-state index in [1.54, 1.807) is 4.90 Å². The second-order valence-electron chi connectivity index (χ2n) is 6.15. The molecule has 0 radical (unpaired) electrons. The zero-order valence-corrected chi connectivity index (χ0v) is 14.2. The van der Waals surface area contributed by atoms with E-state index in [-0.39, 0.29) is 30.2 Å². The van der Waals surface area contributed by atoms with E-state index in [0.29, 0.717) is 11.1 Å². The van der Waals surface area contributed by atoms with Crippen LogP contribution < -0.4 is 10.2 Å². The van der Waals surface area contributed by atoms with E-state index in [2.05, 4.69) is 17.2 Å². The highest BCUT2D eigenvalue weighted by Crippen LogP contribution is 2.32. The average Bonchev–Trinajstić information content (AvgIpc) is 3.31. The van der Waals surface area contributed by atoms with Gasteiger partial charge in [-0.25, -0.2) is 0 Å². The fourth-order valence-electron chi connectivity index (χ4n) is 2.58. The summed E-state index contributed by atoms with van der Waals surface area (Å²) in [5, 5.41) is 3.63. The molecule has 1 aliphatic carbocycles. The third kappa shape index (κ3) is 3.93. The second-order valence-corrected chi connectivity index (χ2v) is 7.09. The number of nitrogens with one attached hydrogen (secondary N) is 1. The van der Waals surface area contributed by atoms with Crippen LogP contribution in [-0.2, 0) is 9.59 Å². The van der Waals surface area contributed by atoms with E-state index in [0.717, 1.165) is 11.3 Å². The van der Waals surface area contributed by atoms with Crippen LogP contribution >= 0.6 is 11.8 Å². The van der Waals surface area contributed by atoms with E-state index < -0.39 is 0 Å². The Hall–Kier alpha value is -1.82. The number of carbonyl (C=O) groups is 2. The Morgan fingerprint density at radius 1 is 1.39 bits per heavy atom. The molecule has 1 saturated carbocycles. The zero-order valence-electron chi connectivity index (χ0n) is 13.4. The van der Waals surface area contributed by atoms with E-state index >= 15 is 0 Å². The Morgan fingerprint density at radius 2 is 2.09 bits per heavy atom. The number of amides is 2. The van der Waals surface area contributed by atoms with Gasteiger partial charge in [-0.3, -0.25) is 19.5 Å². The van der Waals surface area contributed by atoms with Crippen molar-refractivity contribution < 1.29 is 9.59 Å². The molecule has 0 spiro atoms. The topological polar surface area (TPSA) is 61.8 Å². The van der Waals surface area contributed by atoms with Gasteiger partial charge in [-0.2, -0.15) is 0 Å². The Kier molecular flexibility index (Phi) is 4.71. The van der Waals surface area contributed by atoms with Crippen LogP contribution in [0, 0.1) is 12.8 Å². The monoisotopic (exact) mass is 331 g/mol. The molecule has 0 unspecified atom stereocenters. The minimum Gasteiger partial charge on any atom is -0.353 e. The van der Waals surface area contributed by atoms with Gasteiger partial charge in [0, 0.05) is 6.04 Å². The van der Waals surface area contributed by atoms with Crippen molar-refractivity contribution >= 4 is 34.4 Å². The Morgan fingerprint density at radius 3 is 2.74 bits per heavy atom. The molecule has 1 atom stereocenters. The summed E-state index contributed by atoms with van der Waals surface area (Å²) in [6, 6.07) is 7.98. The van der Waals surface area contributed by atoms with Crippen molar-refractivity contribution in [2.45, 2.75) is 32.7 Å². The molecule has 2 amide bonds. The molecule has 0 bridgehead atoms. The number of anilines is 1. The zero-order chi connectivity index (χ0) is 16.4. The third-order valence-electron chi connectivity index (χ3n) is 4.13. The molecule has 0 aromatic heterocycles. The quantitative estimate of drug-likeness (QED) is 0.901. The molecule has 1 fully saturated rings. The van der Waals surface area contributed by atoms with E-state index in [1.807, 2.05) is 31.2 Å². The number of hydrogen-bond donors (Lipinski definition) is 1. The maximum absolute atomic E-state index is 12.1. The number of carbonyl (C=O) groups excluding carboxylic acids is 2. The lowest BCUT2D eigenvalue weighted by Gasteiger charge is -2.18. The van der Waals surface area contributed by atoms with E-state index in [4.69, 9.17) is 0 Å². The van der Waals surface area contributed by atoms with Crippen molar-refractivity contribution in [2.24, 2.45) is 10.9 Å². The van der Waals surface area contributed by atoms with Gasteiger partial charge in [0.2, 0.25) is 5.91 Å². The first-order chi connectivity index (χ1) is 11.0. The first-order valence-electron chi connectivity index (χ1n) is 7.91. The smallest absolute Gasteiger partial charge is 0.254 e. The summed E-state index contributed by atoms with van der Waals surface area (Å²) in [6.07, 6.45) is 2.41. The lowest BCUT2D eigenvalue weighted by molar-refractivity contribution is -0.119. The number of aryl methyl sites for hydroxylation is 1. The summed E-state index contributed by atoms with van der Waals surface area (Å²) >= 11 is 1.32. The normalized spacial score (nSPS) is 18.8. The van der Waals surface area contributed by atoms with Crippen molar-refractivity contribution in [1.82, 2.24) is 5.32 Å². The van der Waals surface area contributed by atoms with Gasteiger partial charge in [-0.15, -0.1) is 0 Å². The van der Waals surface area contributed by atoms with E-state index in [1.165, 1.54) is 24.6 Å². The molecule has 2 aliphatic rings. The fraction of sp³-hybridized carbons (Fsp3) is 0.471. The predicted molar refractivity (Wildman–Crippen MR) is 93.8 cm³/mol. The summed E-state index contributed by atoms with van der Waals surface area (Å²) in [5.41, 5.74) is 1.94. The molecule has 1 aromatic carbocycles. The van der Waals surface area contributed by atoms with Gasteiger partial charge < -0.3 is 5.32 Å². The highest BCUT2D eigenvalue weighted by atomic mass is 32.2. The van der Waals surface area contributed by atoms with Crippen LogP contribution in [0.1, 0.15) is 25.3 Å². The number of rotatable bonds is 5. The molecule has 1 N–H and O–H groups in total. The van der Waals surface area contributed by atoms with Crippen molar-refractivity contribution in [3.8, 4) is 0 Å². The lowest BCUT2D eigenvalue weighted by atomic mass is 10.2. The lowest BCUT2D eigenvalue weighted by Crippen LogP contribution is -2.36. The van der Waals surface area contributed by atoms with Gasteiger partial charge in [0.05, 0.1) is 11.4 Å². The first kappa shape index (κ1) is 16.1. The number of amidine groups is 1. The van der Waals surface area contributed by atoms with Gasteiger partial charge in [0.25, 0.3) is 5.91 Å². The van der Waals surface area contributed by atoms with E-state index in [9.17, 15) is 9.59 Å². The number of benzene rings is 1. The molecule has 6 heteroatoms. The van der Waals surface area contributed by atoms with Gasteiger partial charge in [-0.05, 0) is 44.7 Å². The summed E-state index contributed by atoms with van der Waals surface area (Å²) in [5.74, 6) is 0.868. The molecule has 3 rings (SSSR count). The molecule has 1 aromatic rings. The fourth-order valence-corrected chi connectivity index (χ4v) is 3.42. The highest BCUT2D eigenvalue weighted by Gasteiger charge is 2.30. The molecule has 5 nitrogen and oxygen atoms in total. The third-order valence-corrected chi connectivity index (χ3v) is 5.11. The first-order valence-corrected chi connectivity index (χ1v) is 8.89. The van der Waals surface area contributed by atoms with Crippen LogP contribution in [0.25, 0.3) is 0 Å². The standard InChI is InChI=1S/C17H21N3O2S/c1-11-3-7-14(8-4-11)20-16(22)9-18-17(20)23-10-15(21)19-12(2)13-5-6-13/h3-4,7-8,12-13H,5-6,9-10H2,1-2H3,(H,19,21)/t12-/m1/s1. The predicted octanol–water partition coefficient (Wildman–Crippen LogP) is 2.35. The number of hydrogen-bond acceptors (Lipinski definition) is 4. The average molecular weight is 331 g/mol. The van der Waals surface area contributed by atoms with Crippen molar-refractivity contribution in [2.75, 3.05) is 17.2 Å². The SMILES string of the molecule is Cc1ccc(N2C(=O)CN=C2SCC(=O)N[C@H](C)C2CC2)cc1. The molecule has 0 saturated heterocycles. The highest BCUT2D eigenvalue weighted by molar-refractivity contribution is 8.14. The number of nitrogens with zero attached hydrogens (tertiary/aromatic N) is 2. The molecule has 1 heterocycles. The minimum absolute atomic E-state index is 0.000283. The van der Waals surface area contributed by atoms with Crippen LogP contribution in [0.3, 0.4) is 0 Å². The minimum atomic E-state index is -0.0527. The van der Waals surface area contributed by atoms with Crippen LogP contribution in [0.15, 0.2) is 29.3 Å². The molecular weight excluding hydrogens is 310 g/mol.